The molecular formula is C15H12BrNOS. The maximum Gasteiger partial charge on any atom is 0.194 e. The van der Waals surface area contributed by atoms with E-state index in [1.807, 2.05) is 36.4 Å². The summed E-state index contributed by atoms with van der Waals surface area (Å²) in [6.07, 6.45) is 0.910. The van der Waals surface area contributed by atoms with Gasteiger partial charge >= 0.3 is 0 Å². The van der Waals surface area contributed by atoms with Crippen molar-refractivity contribution in [1.82, 2.24) is 0 Å². The Labute approximate surface area is 124 Å². The van der Waals surface area contributed by atoms with Gasteiger partial charge in [-0.3, -0.25) is 4.79 Å². The summed E-state index contributed by atoms with van der Waals surface area (Å²) in [4.78, 5) is 14.2. The van der Waals surface area contributed by atoms with Gasteiger partial charge in [-0.05, 0) is 36.2 Å². The number of Topliss-reactive ketones (excluding diaryl/α,β-unsaturated/α-hetero) is 1. The van der Waals surface area contributed by atoms with Crippen LogP contribution in [0.1, 0.15) is 33.0 Å². The first-order chi connectivity index (χ1) is 9.15. The van der Waals surface area contributed by atoms with Crippen LogP contribution in [0.2, 0.25) is 0 Å². The maximum atomic E-state index is 12.4. The van der Waals surface area contributed by atoms with Gasteiger partial charge < -0.3 is 0 Å². The second-order valence-electron chi connectivity index (χ2n) is 4.10. The van der Waals surface area contributed by atoms with Gasteiger partial charge in [0, 0.05) is 9.35 Å². The van der Waals surface area contributed by atoms with E-state index in [9.17, 15) is 10.1 Å². The van der Waals surface area contributed by atoms with Gasteiger partial charge in [0.25, 0.3) is 0 Å². The summed E-state index contributed by atoms with van der Waals surface area (Å²) >= 11 is 4.82. The lowest BCUT2D eigenvalue weighted by Crippen LogP contribution is -2.09. The molecule has 0 aliphatic rings. The summed E-state index contributed by atoms with van der Waals surface area (Å²) in [5.41, 5.74) is 0.738. The molecule has 1 aromatic heterocycles. The average molecular weight is 334 g/mol. The second kappa shape index (κ2) is 6.14. The van der Waals surface area contributed by atoms with Gasteiger partial charge in [-0.2, -0.15) is 5.26 Å². The van der Waals surface area contributed by atoms with E-state index < -0.39 is 5.92 Å². The molecule has 1 atom stereocenters. The Morgan fingerprint density at radius 1 is 1.32 bits per heavy atom. The van der Waals surface area contributed by atoms with Crippen molar-refractivity contribution in [3.8, 4) is 6.07 Å². The molecule has 0 fully saturated rings. The molecule has 2 aromatic rings. The van der Waals surface area contributed by atoms with Crippen LogP contribution in [-0.4, -0.2) is 5.78 Å². The van der Waals surface area contributed by atoms with E-state index >= 15 is 0 Å². The molecule has 0 N–H and O–H groups in total. The van der Waals surface area contributed by atoms with E-state index in [1.165, 1.54) is 11.3 Å². The Balaban J connectivity index is 2.29. The summed E-state index contributed by atoms with van der Waals surface area (Å²) in [7, 11) is 0. The quantitative estimate of drug-likeness (QED) is 0.769. The molecule has 0 saturated heterocycles. The van der Waals surface area contributed by atoms with Crippen LogP contribution in [-0.2, 0) is 6.42 Å². The largest absolute Gasteiger partial charge is 0.291 e. The molecule has 1 aromatic carbocycles. The van der Waals surface area contributed by atoms with E-state index in [4.69, 9.17) is 0 Å². The van der Waals surface area contributed by atoms with Crippen LogP contribution in [0.15, 0.2) is 40.9 Å². The lowest BCUT2D eigenvalue weighted by atomic mass is 9.95. The molecule has 1 heterocycles. The van der Waals surface area contributed by atoms with Crippen molar-refractivity contribution in [3.05, 3.63) is 56.2 Å². The molecule has 2 nitrogen and oxygen atoms in total. The number of hydrogen-bond donors (Lipinski definition) is 0. The molecular weight excluding hydrogens is 322 g/mol. The van der Waals surface area contributed by atoms with Gasteiger partial charge in [-0.1, -0.05) is 35.0 Å². The van der Waals surface area contributed by atoms with E-state index in [0.29, 0.717) is 4.88 Å². The number of rotatable bonds is 4. The highest BCUT2D eigenvalue weighted by Crippen LogP contribution is 2.26. The summed E-state index contributed by atoms with van der Waals surface area (Å²) in [6.45, 7) is 2.05. The SMILES string of the molecule is CCc1ccc(C(=O)C(C#N)c2ccc(Br)cc2)s1. The molecule has 0 saturated carbocycles. The number of benzene rings is 1. The fraction of sp³-hybridized carbons (Fsp3) is 0.200. The van der Waals surface area contributed by atoms with Crippen LogP contribution < -0.4 is 0 Å². The average Bonchev–Trinajstić information content (AvgIpc) is 2.90. The minimum atomic E-state index is -0.726. The third-order valence-corrected chi connectivity index (χ3v) is 4.62. The third-order valence-electron chi connectivity index (χ3n) is 2.85. The van der Waals surface area contributed by atoms with Crippen molar-refractivity contribution >= 4 is 33.0 Å². The highest BCUT2D eigenvalue weighted by molar-refractivity contribution is 9.10. The summed E-state index contributed by atoms with van der Waals surface area (Å²) in [5, 5.41) is 9.27. The van der Waals surface area contributed by atoms with Gasteiger partial charge in [0.2, 0.25) is 0 Å². The molecule has 0 bridgehead atoms. The summed E-state index contributed by atoms with van der Waals surface area (Å²) < 4.78 is 0.935. The predicted octanol–water partition coefficient (Wildman–Crippen LogP) is 4.56. The van der Waals surface area contributed by atoms with Gasteiger partial charge in [-0.25, -0.2) is 0 Å². The van der Waals surface area contributed by atoms with E-state index in [1.54, 1.807) is 0 Å². The van der Waals surface area contributed by atoms with Crippen molar-refractivity contribution < 1.29 is 4.79 Å². The Morgan fingerprint density at radius 3 is 2.53 bits per heavy atom. The van der Waals surface area contributed by atoms with Crippen molar-refractivity contribution in [3.63, 3.8) is 0 Å². The molecule has 0 spiro atoms. The van der Waals surface area contributed by atoms with Crippen molar-refractivity contribution in [1.29, 1.82) is 5.26 Å². The first-order valence-corrected chi connectivity index (χ1v) is 7.54. The lowest BCUT2D eigenvalue weighted by Gasteiger charge is -2.07. The normalized spacial score (nSPS) is 11.8. The van der Waals surface area contributed by atoms with Crippen molar-refractivity contribution in [2.24, 2.45) is 0 Å². The molecule has 1 unspecified atom stereocenters. The zero-order chi connectivity index (χ0) is 13.8. The predicted molar refractivity (Wildman–Crippen MR) is 80.5 cm³/mol. The number of carbonyl (C=O) groups excluding carboxylic acids is 1. The van der Waals surface area contributed by atoms with Crippen LogP contribution in [0.25, 0.3) is 0 Å². The van der Waals surface area contributed by atoms with E-state index in [0.717, 1.165) is 21.3 Å². The molecule has 0 radical (unpaired) electrons. The third kappa shape index (κ3) is 3.12. The van der Waals surface area contributed by atoms with Gasteiger partial charge in [0.05, 0.1) is 10.9 Å². The Kier molecular flexibility index (Phi) is 4.52. The lowest BCUT2D eigenvalue weighted by molar-refractivity contribution is 0.0983. The zero-order valence-electron chi connectivity index (χ0n) is 10.4. The number of nitriles is 1. The smallest absolute Gasteiger partial charge is 0.194 e. The van der Waals surface area contributed by atoms with Crippen LogP contribution in [0.3, 0.4) is 0 Å². The number of thiophene rings is 1. The highest BCUT2D eigenvalue weighted by atomic mass is 79.9. The van der Waals surface area contributed by atoms with Crippen LogP contribution in [0, 0.1) is 11.3 Å². The van der Waals surface area contributed by atoms with Gasteiger partial charge in [0.1, 0.15) is 5.92 Å². The number of aryl methyl sites for hydroxylation is 1. The Morgan fingerprint density at radius 2 is 2.00 bits per heavy atom. The number of carbonyl (C=O) groups is 1. The number of halogens is 1. The standard InChI is InChI=1S/C15H12BrNOS/c1-2-12-7-8-14(19-12)15(18)13(9-17)10-3-5-11(16)6-4-10/h3-8,13H,2H2,1H3. The number of ketones is 1. The molecule has 2 rings (SSSR count). The summed E-state index contributed by atoms with van der Waals surface area (Å²) in [5.74, 6) is -0.842. The molecule has 4 heteroatoms. The molecule has 0 amide bonds. The number of hydrogen-bond acceptors (Lipinski definition) is 3. The second-order valence-corrected chi connectivity index (χ2v) is 6.18. The van der Waals surface area contributed by atoms with Crippen LogP contribution in [0.5, 0.6) is 0 Å². The van der Waals surface area contributed by atoms with Crippen molar-refractivity contribution in [2.75, 3.05) is 0 Å². The van der Waals surface area contributed by atoms with Crippen molar-refractivity contribution in [2.45, 2.75) is 19.3 Å². The first-order valence-electron chi connectivity index (χ1n) is 5.93. The van der Waals surface area contributed by atoms with E-state index in [-0.39, 0.29) is 5.78 Å². The summed E-state index contributed by atoms with van der Waals surface area (Å²) in [6, 6.07) is 13.2. The topological polar surface area (TPSA) is 40.9 Å². The maximum absolute atomic E-state index is 12.4. The fourth-order valence-electron chi connectivity index (χ4n) is 1.78. The zero-order valence-corrected chi connectivity index (χ0v) is 12.8. The molecule has 19 heavy (non-hydrogen) atoms. The first kappa shape index (κ1) is 14.0. The monoisotopic (exact) mass is 333 g/mol. The fourth-order valence-corrected chi connectivity index (χ4v) is 2.96. The van der Waals surface area contributed by atoms with Gasteiger partial charge in [-0.15, -0.1) is 11.3 Å². The molecule has 96 valence electrons. The minimum absolute atomic E-state index is 0.116. The van der Waals surface area contributed by atoms with E-state index in [2.05, 4.69) is 28.9 Å². The van der Waals surface area contributed by atoms with Crippen LogP contribution >= 0.6 is 27.3 Å². The molecule has 0 aliphatic heterocycles. The van der Waals surface area contributed by atoms with Gasteiger partial charge in [0.15, 0.2) is 5.78 Å². The minimum Gasteiger partial charge on any atom is -0.291 e. The number of nitrogens with zero attached hydrogens (tertiary/aromatic N) is 1. The Hall–Kier alpha value is -1.44. The highest BCUT2D eigenvalue weighted by Gasteiger charge is 2.22. The van der Waals surface area contributed by atoms with Crippen LogP contribution in [0.4, 0.5) is 0 Å². The Bertz CT molecular complexity index is 624. The molecule has 0 aliphatic carbocycles.